The normalized spacial score (nSPS) is 14.7. The van der Waals surface area contributed by atoms with Crippen LogP contribution in [-0.4, -0.2) is 43.5 Å². The molecular weight excluding hydrogens is 368 g/mol. The fourth-order valence-electron chi connectivity index (χ4n) is 3.44. The molecule has 29 heavy (non-hydrogen) atoms. The summed E-state index contributed by atoms with van der Waals surface area (Å²) in [5.41, 5.74) is 0.974. The van der Waals surface area contributed by atoms with Crippen molar-refractivity contribution in [3.8, 4) is 11.5 Å². The summed E-state index contributed by atoms with van der Waals surface area (Å²) in [6.07, 6.45) is 3.91. The van der Waals surface area contributed by atoms with E-state index in [1.807, 2.05) is 30.0 Å². The number of carbonyl (C=O) groups excluding carboxylic acids is 2. The first kappa shape index (κ1) is 23.0. The first-order chi connectivity index (χ1) is 13.9. The minimum absolute atomic E-state index is 0.0267. The van der Waals surface area contributed by atoms with Gasteiger partial charge in [0.2, 0.25) is 11.8 Å². The maximum atomic E-state index is 12.5. The second-order valence-electron chi connectivity index (χ2n) is 8.14. The third-order valence-corrected chi connectivity index (χ3v) is 5.33. The summed E-state index contributed by atoms with van der Waals surface area (Å²) in [6, 6.07) is 5.77. The lowest BCUT2D eigenvalue weighted by atomic mass is 9.95. The van der Waals surface area contributed by atoms with E-state index in [-0.39, 0.29) is 17.7 Å². The molecule has 6 heteroatoms. The van der Waals surface area contributed by atoms with Crippen LogP contribution >= 0.6 is 0 Å². The minimum atomic E-state index is -0.0267. The molecule has 0 atom stereocenters. The van der Waals surface area contributed by atoms with Crippen LogP contribution in [0, 0.1) is 11.8 Å². The van der Waals surface area contributed by atoms with Gasteiger partial charge in [-0.05, 0) is 49.3 Å². The minimum Gasteiger partial charge on any atom is -0.493 e. The van der Waals surface area contributed by atoms with Gasteiger partial charge < -0.3 is 19.7 Å². The quantitative estimate of drug-likeness (QED) is 0.644. The summed E-state index contributed by atoms with van der Waals surface area (Å²) in [7, 11) is 1.63. The van der Waals surface area contributed by atoms with Gasteiger partial charge in [-0.25, -0.2) is 0 Å². The Kier molecular flexibility index (Phi) is 9.29. The van der Waals surface area contributed by atoms with Crippen molar-refractivity contribution in [3.63, 3.8) is 0 Å². The number of nitrogens with one attached hydrogen (secondary N) is 1. The van der Waals surface area contributed by atoms with Crippen LogP contribution in [0.25, 0.3) is 0 Å². The zero-order valence-electron chi connectivity index (χ0n) is 18.3. The molecule has 0 spiro atoms. The summed E-state index contributed by atoms with van der Waals surface area (Å²) < 4.78 is 11.3. The van der Waals surface area contributed by atoms with E-state index >= 15 is 0 Å². The Bertz CT molecular complexity index is 667. The number of carbonyl (C=O) groups is 2. The third kappa shape index (κ3) is 7.26. The fourth-order valence-corrected chi connectivity index (χ4v) is 3.44. The number of nitrogens with zero attached hydrogens (tertiary/aromatic N) is 1. The second kappa shape index (κ2) is 11.7. The summed E-state index contributed by atoms with van der Waals surface area (Å²) in [5, 5.41) is 3.03. The topological polar surface area (TPSA) is 67.9 Å². The Morgan fingerprint density at radius 3 is 2.55 bits per heavy atom. The van der Waals surface area contributed by atoms with Crippen molar-refractivity contribution in [2.24, 2.45) is 11.8 Å². The molecule has 1 aromatic rings. The Morgan fingerprint density at radius 2 is 1.93 bits per heavy atom. The van der Waals surface area contributed by atoms with Crippen molar-refractivity contribution in [1.29, 1.82) is 0 Å². The summed E-state index contributed by atoms with van der Waals surface area (Å²) in [4.78, 5) is 26.4. The maximum Gasteiger partial charge on any atom is 0.223 e. The number of amides is 2. The van der Waals surface area contributed by atoms with Gasteiger partial charge in [-0.2, -0.15) is 0 Å². The SMILES string of the molecule is CCCC(=O)N1CCC(C(=O)NCc2ccc(OCCC(C)C)c(OC)c2)CC1. The predicted octanol–water partition coefficient (Wildman–Crippen LogP) is 3.78. The molecule has 1 aromatic carbocycles. The van der Waals surface area contributed by atoms with Crippen LogP contribution in [-0.2, 0) is 16.1 Å². The molecule has 6 nitrogen and oxygen atoms in total. The molecule has 0 radical (unpaired) electrons. The Hall–Kier alpha value is -2.24. The second-order valence-corrected chi connectivity index (χ2v) is 8.14. The van der Waals surface area contributed by atoms with Gasteiger partial charge in [0.15, 0.2) is 11.5 Å². The highest BCUT2D eigenvalue weighted by Gasteiger charge is 2.26. The van der Waals surface area contributed by atoms with Crippen molar-refractivity contribution in [2.75, 3.05) is 26.8 Å². The highest BCUT2D eigenvalue weighted by molar-refractivity contribution is 5.80. The predicted molar refractivity (Wildman–Crippen MR) is 114 cm³/mol. The fraction of sp³-hybridized carbons (Fsp3) is 0.652. The molecule has 1 aliphatic rings. The number of likely N-dealkylation sites (tertiary alicyclic amines) is 1. The number of rotatable bonds is 10. The molecule has 1 heterocycles. The van der Waals surface area contributed by atoms with Gasteiger partial charge in [0.1, 0.15) is 0 Å². The van der Waals surface area contributed by atoms with Crippen molar-refractivity contribution in [1.82, 2.24) is 10.2 Å². The van der Waals surface area contributed by atoms with Crippen LogP contribution in [0.1, 0.15) is 58.4 Å². The lowest BCUT2D eigenvalue weighted by molar-refractivity contribution is -0.135. The molecule has 1 saturated heterocycles. The van der Waals surface area contributed by atoms with Gasteiger partial charge in [0.05, 0.1) is 13.7 Å². The molecule has 1 aliphatic heterocycles. The molecule has 0 bridgehead atoms. The monoisotopic (exact) mass is 404 g/mol. The molecule has 0 unspecified atom stereocenters. The van der Waals surface area contributed by atoms with E-state index in [0.29, 0.717) is 44.3 Å². The average Bonchev–Trinajstić information content (AvgIpc) is 2.72. The van der Waals surface area contributed by atoms with Crippen molar-refractivity contribution in [2.45, 2.75) is 59.4 Å². The van der Waals surface area contributed by atoms with E-state index < -0.39 is 0 Å². The van der Waals surface area contributed by atoms with Crippen LogP contribution in [0.5, 0.6) is 11.5 Å². The molecule has 0 aromatic heterocycles. The Labute approximate surface area is 174 Å². The van der Waals surface area contributed by atoms with Gasteiger partial charge in [0.25, 0.3) is 0 Å². The molecule has 0 aliphatic carbocycles. The summed E-state index contributed by atoms with van der Waals surface area (Å²) >= 11 is 0. The van der Waals surface area contributed by atoms with Crippen molar-refractivity contribution in [3.05, 3.63) is 23.8 Å². The standard InChI is InChI=1S/C23H36N2O4/c1-5-6-22(26)25-12-9-19(10-13-25)23(27)24-16-18-7-8-20(21(15-18)28-4)29-14-11-17(2)3/h7-8,15,17,19H,5-6,9-14,16H2,1-4H3,(H,24,27). The van der Waals surface area contributed by atoms with Gasteiger partial charge in [-0.3, -0.25) is 9.59 Å². The maximum absolute atomic E-state index is 12.5. The third-order valence-electron chi connectivity index (χ3n) is 5.33. The van der Waals surface area contributed by atoms with Gasteiger partial charge in [0, 0.05) is 32.0 Å². The largest absolute Gasteiger partial charge is 0.493 e. The molecule has 1 N–H and O–H groups in total. The number of piperidine rings is 1. The first-order valence-corrected chi connectivity index (χ1v) is 10.8. The van der Waals surface area contributed by atoms with Crippen molar-refractivity contribution < 1.29 is 19.1 Å². The van der Waals surface area contributed by atoms with Gasteiger partial charge >= 0.3 is 0 Å². The zero-order valence-corrected chi connectivity index (χ0v) is 18.3. The van der Waals surface area contributed by atoms with E-state index in [0.717, 1.165) is 37.0 Å². The number of hydrogen-bond acceptors (Lipinski definition) is 4. The van der Waals surface area contributed by atoms with Crippen LogP contribution in [0.3, 0.4) is 0 Å². The van der Waals surface area contributed by atoms with E-state index in [1.165, 1.54) is 0 Å². The van der Waals surface area contributed by atoms with Crippen LogP contribution in [0.4, 0.5) is 0 Å². The lowest BCUT2D eigenvalue weighted by Gasteiger charge is -2.31. The number of hydrogen-bond donors (Lipinski definition) is 1. The lowest BCUT2D eigenvalue weighted by Crippen LogP contribution is -2.42. The molecule has 0 saturated carbocycles. The number of methoxy groups -OCH3 is 1. The zero-order chi connectivity index (χ0) is 21.2. The summed E-state index contributed by atoms with van der Waals surface area (Å²) in [5.74, 6) is 2.24. The van der Waals surface area contributed by atoms with E-state index in [9.17, 15) is 9.59 Å². The van der Waals surface area contributed by atoms with Crippen molar-refractivity contribution >= 4 is 11.8 Å². The van der Waals surface area contributed by atoms with E-state index in [1.54, 1.807) is 7.11 Å². The van der Waals surface area contributed by atoms with Crippen LogP contribution in [0.2, 0.25) is 0 Å². The first-order valence-electron chi connectivity index (χ1n) is 10.8. The Balaban J connectivity index is 1.81. The highest BCUT2D eigenvalue weighted by Crippen LogP contribution is 2.28. The van der Waals surface area contributed by atoms with Crippen LogP contribution < -0.4 is 14.8 Å². The van der Waals surface area contributed by atoms with Crippen LogP contribution in [0.15, 0.2) is 18.2 Å². The van der Waals surface area contributed by atoms with E-state index in [2.05, 4.69) is 19.2 Å². The van der Waals surface area contributed by atoms with Gasteiger partial charge in [-0.15, -0.1) is 0 Å². The molecule has 1 fully saturated rings. The highest BCUT2D eigenvalue weighted by atomic mass is 16.5. The number of benzene rings is 1. The van der Waals surface area contributed by atoms with Gasteiger partial charge in [-0.1, -0.05) is 26.8 Å². The van der Waals surface area contributed by atoms with E-state index in [4.69, 9.17) is 9.47 Å². The number of ether oxygens (including phenoxy) is 2. The smallest absolute Gasteiger partial charge is 0.223 e. The molecule has 2 amide bonds. The molecule has 2 rings (SSSR count). The molecule has 162 valence electrons. The molecular formula is C23H36N2O4. The summed E-state index contributed by atoms with van der Waals surface area (Å²) in [6.45, 7) is 8.80. The Morgan fingerprint density at radius 1 is 1.21 bits per heavy atom. The average molecular weight is 405 g/mol.